The quantitative estimate of drug-likeness (QED) is 0.846. The number of hydrogen-bond donors (Lipinski definition) is 1. The van der Waals surface area contributed by atoms with Crippen molar-refractivity contribution in [2.45, 2.75) is 13.0 Å². The topological polar surface area (TPSA) is 49.4 Å². The van der Waals surface area contributed by atoms with Gasteiger partial charge >= 0.3 is 0 Å². The minimum atomic E-state index is -0.261. The fraction of sp³-hybridized carbons (Fsp3) is 0.385. The first kappa shape index (κ1) is 14.1. The molecule has 1 aromatic heterocycles. The number of halogens is 1. The van der Waals surface area contributed by atoms with Crippen LogP contribution in [-0.4, -0.2) is 29.8 Å². The summed E-state index contributed by atoms with van der Waals surface area (Å²) < 4.78 is 0.707. The number of hydrogen-bond acceptors (Lipinski definition) is 3. The molecule has 0 aliphatic carbocycles. The van der Waals surface area contributed by atoms with Crippen molar-refractivity contribution in [2.75, 3.05) is 13.1 Å². The maximum Gasteiger partial charge on any atom is 0.228 e. The van der Waals surface area contributed by atoms with Crippen molar-refractivity contribution in [3.05, 3.63) is 34.0 Å². The van der Waals surface area contributed by atoms with Crippen LogP contribution in [0.1, 0.15) is 11.3 Å². The summed E-state index contributed by atoms with van der Waals surface area (Å²) in [6.45, 7) is 5.08. The Morgan fingerprint density at radius 3 is 2.95 bits per heavy atom. The first-order valence-corrected chi connectivity index (χ1v) is 7.20. The molecule has 1 aromatic rings. The van der Waals surface area contributed by atoms with Crippen LogP contribution in [-0.2, 0) is 16.1 Å². The van der Waals surface area contributed by atoms with Gasteiger partial charge in [-0.05, 0) is 12.1 Å². The van der Waals surface area contributed by atoms with Crippen LogP contribution in [0.2, 0.25) is 4.34 Å². The molecular formula is C13H15ClN2O2S. The van der Waals surface area contributed by atoms with Crippen LogP contribution >= 0.6 is 22.9 Å². The molecule has 0 radical (unpaired) electrons. The lowest BCUT2D eigenvalue weighted by atomic mass is 10.1. The van der Waals surface area contributed by atoms with Crippen LogP contribution in [0.5, 0.6) is 0 Å². The number of thiophene rings is 1. The van der Waals surface area contributed by atoms with E-state index in [-0.39, 0.29) is 24.2 Å². The molecule has 2 heterocycles. The van der Waals surface area contributed by atoms with Crippen LogP contribution in [0.15, 0.2) is 24.8 Å². The van der Waals surface area contributed by atoms with Gasteiger partial charge in [0.1, 0.15) is 0 Å². The van der Waals surface area contributed by atoms with Gasteiger partial charge in [0.05, 0.1) is 16.8 Å². The second-order valence-corrected chi connectivity index (χ2v) is 6.22. The number of carbonyl (C=O) groups excluding carboxylic acids is 2. The van der Waals surface area contributed by atoms with Crippen molar-refractivity contribution in [3.8, 4) is 0 Å². The minimum absolute atomic E-state index is 0.0113. The Hall–Kier alpha value is -1.33. The van der Waals surface area contributed by atoms with E-state index in [2.05, 4.69) is 11.9 Å². The molecule has 0 bridgehead atoms. The van der Waals surface area contributed by atoms with E-state index in [1.54, 1.807) is 11.0 Å². The van der Waals surface area contributed by atoms with Crippen molar-refractivity contribution >= 4 is 34.8 Å². The van der Waals surface area contributed by atoms with Crippen molar-refractivity contribution < 1.29 is 9.59 Å². The van der Waals surface area contributed by atoms with Gasteiger partial charge in [0.25, 0.3) is 0 Å². The van der Waals surface area contributed by atoms with Crippen molar-refractivity contribution in [1.29, 1.82) is 0 Å². The number of nitrogens with zero attached hydrogens (tertiary/aromatic N) is 1. The maximum absolute atomic E-state index is 12.3. The molecule has 1 unspecified atom stereocenters. The number of rotatable bonds is 5. The van der Waals surface area contributed by atoms with Gasteiger partial charge < -0.3 is 10.2 Å². The summed E-state index contributed by atoms with van der Waals surface area (Å²) in [5.41, 5.74) is 0. The molecular weight excluding hydrogens is 284 g/mol. The van der Waals surface area contributed by atoms with Crippen LogP contribution in [0.25, 0.3) is 0 Å². The minimum Gasteiger partial charge on any atom is -0.355 e. The summed E-state index contributed by atoms with van der Waals surface area (Å²) in [6.07, 6.45) is 1.97. The van der Waals surface area contributed by atoms with Crippen LogP contribution in [0.4, 0.5) is 0 Å². The average Bonchev–Trinajstić information content (AvgIpc) is 2.97. The Morgan fingerprint density at radius 2 is 2.42 bits per heavy atom. The molecule has 1 saturated heterocycles. The van der Waals surface area contributed by atoms with Crippen molar-refractivity contribution in [3.63, 3.8) is 0 Å². The zero-order valence-corrected chi connectivity index (χ0v) is 12.0. The second kappa shape index (κ2) is 6.21. The zero-order chi connectivity index (χ0) is 13.8. The molecule has 2 rings (SSSR count). The lowest BCUT2D eigenvalue weighted by molar-refractivity contribution is -0.135. The Balaban J connectivity index is 2.04. The summed E-state index contributed by atoms with van der Waals surface area (Å²) in [7, 11) is 0. The third kappa shape index (κ3) is 3.58. The number of nitrogens with one attached hydrogen (secondary N) is 1. The first-order chi connectivity index (χ1) is 9.10. The Kier molecular flexibility index (Phi) is 4.61. The van der Waals surface area contributed by atoms with E-state index >= 15 is 0 Å². The van der Waals surface area contributed by atoms with Gasteiger partial charge in [0.15, 0.2) is 0 Å². The summed E-state index contributed by atoms with van der Waals surface area (Å²) in [5.74, 6) is -0.332. The molecule has 19 heavy (non-hydrogen) atoms. The molecule has 2 amide bonds. The van der Waals surface area contributed by atoms with E-state index < -0.39 is 0 Å². The summed E-state index contributed by atoms with van der Waals surface area (Å²) >= 11 is 7.34. The standard InChI is InChI=1S/C13H15ClN2O2S/c1-2-5-16(8-10-3-4-11(14)19-10)13(18)9-6-12(17)15-7-9/h2-4,9H,1,5-8H2,(H,15,17). The molecule has 6 heteroatoms. The molecule has 1 N–H and O–H groups in total. The number of carbonyl (C=O) groups is 2. The normalized spacial score (nSPS) is 18.2. The highest BCUT2D eigenvalue weighted by molar-refractivity contribution is 7.16. The van der Waals surface area contributed by atoms with Gasteiger partial charge in [-0.2, -0.15) is 0 Å². The predicted molar refractivity (Wildman–Crippen MR) is 76.1 cm³/mol. The lowest BCUT2D eigenvalue weighted by Gasteiger charge is -2.23. The SMILES string of the molecule is C=CCN(Cc1ccc(Cl)s1)C(=O)C1CNC(=O)C1. The summed E-state index contributed by atoms with van der Waals surface area (Å²) in [6, 6.07) is 3.73. The highest BCUT2D eigenvalue weighted by Crippen LogP contribution is 2.24. The molecule has 1 fully saturated rings. The third-order valence-corrected chi connectivity index (χ3v) is 4.18. The monoisotopic (exact) mass is 298 g/mol. The van der Waals surface area contributed by atoms with Gasteiger partial charge in [-0.3, -0.25) is 9.59 Å². The average molecular weight is 299 g/mol. The van der Waals surface area contributed by atoms with Crippen molar-refractivity contribution in [2.24, 2.45) is 5.92 Å². The molecule has 1 aliphatic rings. The maximum atomic E-state index is 12.3. The lowest BCUT2D eigenvalue weighted by Crippen LogP contribution is -2.36. The smallest absolute Gasteiger partial charge is 0.228 e. The number of amides is 2. The Bertz CT molecular complexity index is 501. The molecule has 4 nitrogen and oxygen atoms in total. The van der Waals surface area contributed by atoms with E-state index in [0.717, 1.165) is 4.88 Å². The fourth-order valence-electron chi connectivity index (χ4n) is 2.05. The summed E-state index contributed by atoms with van der Waals surface area (Å²) in [5, 5.41) is 2.68. The fourth-order valence-corrected chi connectivity index (χ4v) is 3.15. The Labute approximate surface area is 121 Å². The molecule has 102 valence electrons. The van der Waals surface area contributed by atoms with Gasteiger partial charge in [-0.15, -0.1) is 17.9 Å². The second-order valence-electron chi connectivity index (χ2n) is 4.42. The third-order valence-electron chi connectivity index (χ3n) is 2.96. The largest absolute Gasteiger partial charge is 0.355 e. The highest BCUT2D eigenvalue weighted by Gasteiger charge is 2.31. The van der Waals surface area contributed by atoms with Gasteiger partial charge in [0, 0.05) is 24.4 Å². The molecule has 1 atom stereocenters. The molecule has 0 aromatic carbocycles. The zero-order valence-electron chi connectivity index (χ0n) is 10.4. The van der Waals surface area contributed by atoms with Crippen LogP contribution < -0.4 is 5.32 Å². The van der Waals surface area contributed by atoms with Crippen LogP contribution in [0, 0.1) is 5.92 Å². The van der Waals surface area contributed by atoms with E-state index in [1.165, 1.54) is 11.3 Å². The van der Waals surface area contributed by atoms with Gasteiger partial charge in [-0.25, -0.2) is 0 Å². The van der Waals surface area contributed by atoms with E-state index in [4.69, 9.17) is 11.6 Å². The highest BCUT2D eigenvalue weighted by atomic mass is 35.5. The van der Waals surface area contributed by atoms with Gasteiger partial charge in [0.2, 0.25) is 11.8 Å². The molecule has 1 aliphatic heterocycles. The van der Waals surface area contributed by atoms with E-state index in [1.807, 2.05) is 12.1 Å². The van der Waals surface area contributed by atoms with Crippen LogP contribution in [0.3, 0.4) is 0 Å². The van der Waals surface area contributed by atoms with Crippen molar-refractivity contribution in [1.82, 2.24) is 10.2 Å². The van der Waals surface area contributed by atoms with E-state index in [9.17, 15) is 9.59 Å². The molecule has 0 saturated carbocycles. The first-order valence-electron chi connectivity index (χ1n) is 6.00. The Morgan fingerprint density at radius 1 is 1.63 bits per heavy atom. The molecule has 0 spiro atoms. The van der Waals surface area contributed by atoms with E-state index in [0.29, 0.717) is 24.0 Å². The predicted octanol–water partition coefficient (Wildman–Crippen LogP) is 2.05. The van der Waals surface area contributed by atoms with Gasteiger partial charge in [-0.1, -0.05) is 17.7 Å². The summed E-state index contributed by atoms with van der Waals surface area (Å²) in [4.78, 5) is 26.3.